The van der Waals surface area contributed by atoms with Crippen LogP contribution in [0.4, 0.5) is 0 Å². The van der Waals surface area contributed by atoms with Crippen molar-refractivity contribution in [2.24, 2.45) is 7.05 Å². The van der Waals surface area contributed by atoms with Gasteiger partial charge in [0.1, 0.15) is 23.4 Å². The fourth-order valence-electron chi connectivity index (χ4n) is 3.92. The van der Waals surface area contributed by atoms with Crippen LogP contribution in [0.25, 0.3) is 0 Å². The van der Waals surface area contributed by atoms with E-state index in [9.17, 15) is 0 Å². The number of halogens is 1. The zero-order chi connectivity index (χ0) is 17.4. The molecule has 7 heteroatoms. The van der Waals surface area contributed by atoms with E-state index in [1.807, 2.05) is 12.4 Å². The number of imidazole rings is 1. The van der Waals surface area contributed by atoms with Crippen LogP contribution in [-0.2, 0) is 20.0 Å². The molecule has 2 unspecified atom stereocenters. The molecule has 6 nitrogen and oxygen atoms in total. The summed E-state index contributed by atoms with van der Waals surface area (Å²) in [5.74, 6) is 3.06. The van der Waals surface area contributed by atoms with Crippen LogP contribution >= 0.6 is 12.4 Å². The summed E-state index contributed by atoms with van der Waals surface area (Å²) in [6, 6.07) is 4.49. The number of methoxy groups -OCH3 is 1. The van der Waals surface area contributed by atoms with E-state index in [0.717, 1.165) is 49.9 Å². The molecule has 2 atom stereocenters. The number of nitrogens with one attached hydrogen (secondary N) is 1. The molecular formula is C19H27ClN4O2. The van der Waals surface area contributed by atoms with E-state index in [2.05, 4.69) is 45.9 Å². The molecule has 142 valence electrons. The number of aryl methyl sites for hydroxylation is 1. The molecule has 0 saturated carbocycles. The van der Waals surface area contributed by atoms with E-state index in [1.165, 1.54) is 11.1 Å². The van der Waals surface area contributed by atoms with E-state index in [1.54, 1.807) is 7.11 Å². The number of piperazine rings is 1. The molecule has 3 heterocycles. The van der Waals surface area contributed by atoms with Crippen LogP contribution in [0.15, 0.2) is 24.5 Å². The van der Waals surface area contributed by atoms with Gasteiger partial charge in [0, 0.05) is 63.2 Å². The summed E-state index contributed by atoms with van der Waals surface area (Å²) in [6.45, 7) is 5.85. The number of rotatable bonds is 4. The second kappa shape index (κ2) is 7.86. The van der Waals surface area contributed by atoms with Crippen molar-refractivity contribution in [3.63, 3.8) is 0 Å². The number of hydrogen-bond acceptors (Lipinski definition) is 5. The predicted octanol–water partition coefficient (Wildman–Crippen LogP) is 2.32. The topological polar surface area (TPSA) is 51.5 Å². The normalized spacial score (nSPS) is 22.4. The van der Waals surface area contributed by atoms with Crippen LogP contribution < -0.4 is 14.8 Å². The lowest BCUT2D eigenvalue weighted by Crippen LogP contribution is -2.46. The molecule has 0 aliphatic carbocycles. The first kappa shape index (κ1) is 19.0. The maximum absolute atomic E-state index is 6.11. The van der Waals surface area contributed by atoms with Crippen molar-refractivity contribution in [3.05, 3.63) is 41.5 Å². The van der Waals surface area contributed by atoms with Gasteiger partial charge in [0.2, 0.25) is 0 Å². The number of nitrogens with zero attached hydrogens (tertiary/aromatic N) is 3. The standard InChI is InChI=1S/C19H26N4O2.ClH/c1-13-8-14-9-16(24-3)10-15(18(14)25-13)12-23-7-4-20-11-17(23)19-21-5-6-22(19)2;/h5-6,9-10,13,17,20H,4,7-8,11-12H2,1-3H3;1H. The summed E-state index contributed by atoms with van der Waals surface area (Å²) in [7, 11) is 3.79. The molecule has 1 aromatic heterocycles. The Morgan fingerprint density at radius 3 is 2.96 bits per heavy atom. The van der Waals surface area contributed by atoms with Crippen LogP contribution in [0, 0.1) is 0 Å². The highest BCUT2D eigenvalue weighted by Crippen LogP contribution is 2.38. The van der Waals surface area contributed by atoms with E-state index in [-0.39, 0.29) is 24.6 Å². The van der Waals surface area contributed by atoms with Gasteiger partial charge in [-0.05, 0) is 19.1 Å². The maximum atomic E-state index is 6.11. The lowest BCUT2D eigenvalue weighted by molar-refractivity contribution is 0.142. The van der Waals surface area contributed by atoms with Crippen LogP contribution in [-0.4, -0.2) is 47.3 Å². The lowest BCUT2D eigenvalue weighted by atomic mass is 10.0. The SMILES string of the molecule is COc1cc2c(c(CN3CCNCC3c3nccn3C)c1)OC(C)C2.Cl. The molecule has 1 N–H and O–H groups in total. The Kier molecular flexibility index (Phi) is 5.75. The van der Waals surface area contributed by atoms with Crippen LogP contribution in [0.5, 0.6) is 11.5 Å². The van der Waals surface area contributed by atoms with Crippen molar-refractivity contribution >= 4 is 12.4 Å². The molecule has 4 rings (SSSR count). The number of fused-ring (bicyclic) bond motifs is 1. The first-order valence-corrected chi connectivity index (χ1v) is 8.94. The Hall–Kier alpha value is -1.76. The minimum atomic E-state index is 0. The van der Waals surface area contributed by atoms with Gasteiger partial charge in [0.05, 0.1) is 13.2 Å². The second-order valence-corrected chi connectivity index (χ2v) is 6.99. The van der Waals surface area contributed by atoms with Crippen molar-refractivity contribution in [2.75, 3.05) is 26.7 Å². The van der Waals surface area contributed by atoms with Crippen LogP contribution in [0.1, 0.15) is 29.9 Å². The molecule has 2 aromatic rings. The number of benzene rings is 1. The van der Waals surface area contributed by atoms with Gasteiger partial charge in [-0.25, -0.2) is 4.98 Å². The van der Waals surface area contributed by atoms with Crippen LogP contribution in [0.2, 0.25) is 0 Å². The zero-order valence-corrected chi connectivity index (χ0v) is 16.4. The van der Waals surface area contributed by atoms with Crippen molar-refractivity contribution in [1.82, 2.24) is 19.8 Å². The molecule has 0 amide bonds. The highest BCUT2D eigenvalue weighted by molar-refractivity contribution is 5.85. The average Bonchev–Trinajstić information content (AvgIpc) is 3.20. The van der Waals surface area contributed by atoms with Gasteiger partial charge in [0.15, 0.2) is 0 Å². The average molecular weight is 379 g/mol. The maximum Gasteiger partial charge on any atom is 0.127 e. The van der Waals surface area contributed by atoms with Crippen molar-refractivity contribution < 1.29 is 9.47 Å². The first-order valence-electron chi connectivity index (χ1n) is 8.94. The summed E-state index contributed by atoms with van der Waals surface area (Å²) < 4.78 is 13.7. The van der Waals surface area contributed by atoms with Gasteiger partial charge in [-0.2, -0.15) is 0 Å². The molecule has 26 heavy (non-hydrogen) atoms. The van der Waals surface area contributed by atoms with E-state index in [4.69, 9.17) is 9.47 Å². The molecule has 1 fully saturated rings. The summed E-state index contributed by atoms with van der Waals surface area (Å²) >= 11 is 0. The largest absolute Gasteiger partial charge is 0.497 e. The second-order valence-electron chi connectivity index (χ2n) is 6.99. The molecule has 2 aliphatic heterocycles. The highest BCUT2D eigenvalue weighted by Gasteiger charge is 2.30. The van der Waals surface area contributed by atoms with Crippen molar-refractivity contribution in [3.8, 4) is 11.5 Å². The molecule has 0 spiro atoms. The van der Waals surface area contributed by atoms with Gasteiger partial charge in [-0.1, -0.05) is 0 Å². The number of aromatic nitrogens is 2. The molecular weight excluding hydrogens is 352 g/mol. The summed E-state index contributed by atoms with van der Waals surface area (Å²) in [5.41, 5.74) is 2.46. The fraction of sp³-hybridized carbons (Fsp3) is 0.526. The monoisotopic (exact) mass is 378 g/mol. The minimum Gasteiger partial charge on any atom is -0.497 e. The van der Waals surface area contributed by atoms with Gasteiger partial charge in [0.25, 0.3) is 0 Å². The Balaban J connectivity index is 0.00000196. The number of ether oxygens (including phenoxy) is 2. The highest BCUT2D eigenvalue weighted by atomic mass is 35.5. The molecule has 0 radical (unpaired) electrons. The van der Waals surface area contributed by atoms with Gasteiger partial charge in [-0.15, -0.1) is 12.4 Å². The van der Waals surface area contributed by atoms with Gasteiger partial charge < -0.3 is 19.4 Å². The Labute approximate surface area is 160 Å². The summed E-state index contributed by atoms with van der Waals surface area (Å²) in [6.07, 6.45) is 5.06. The molecule has 1 saturated heterocycles. The Bertz CT molecular complexity index is 764. The van der Waals surface area contributed by atoms with Crippen molar-refractivity contribution in [1.29, 1.82) is 0 Å². The molecule has 0 bridgehead atoms. The lowest BCUT2D eigenvalue weighted by Gasteiger charge is -2.36. The third kappa shape index (κ3) is 3.54. The smallest absolute Gasteiger partial charge is 0.127 e. The third-order valence-corrected chi connectivity index (χ3v) is 5.16. The van der Waals surface area contributed by atoms with Crippen LogP contribution in [0.3, 0.4) is 0 Å². The van der Waals surface area contributed by atoms with E-state index >= 15 is 0 Å². The Morgan fingerprint density at radius 1 is 1.38 bits per heavy atom. The zero-order valence-electron chi connectivity index (χ0n) is 15.6. The predicted molar refractivity (Wildman–Crippen MR) is 103 cm³/mol. The summed E-state index contributed by atoms with van der Waals surface area (Å²) in [5, 5.41) is 3.50. The quantitative estimate of drug-likeness (QED) is 0.884. The fourth-order valence-corrected chi connectivity index (χ4v) is 3.92. The first-order chi connectivity index (χ1) is 12.2. The number of hydrogen-bond donors (Lipinski definition) is 1. The third-order valence-electron chi connectivity index (χ3n) is 5.16. The molecule has 2 aliphatic rings. The van der Waals surface area contributed by atoms with Gasteiger partial charge in [-0.3, -0.25) is 4.90 Å². The molecule has 1 aromatic carbocycles. The van der Waals surface area contributed by atoms with Crippen molar-refractivity contribution in [2.45, 2.75) is 32.0 Å². The summed E-state index contributed by atoms with van der Waals surface area (Å²) in [4.78, 5) is 7.06. The van der Waals surface area contributed by atoms with Gasteiger partial charge >= 0.3 is 0 Å². The Morgan fingerprint density at radius 2 is 2.23 bits per heavy atom. The van der Waals surface area contributed by atoms with E-state index < -0.39 is 0 Å². The minimum absolute atomic E-state index is 0. The van der Waals surface area contributed by atoms with E-state index in [0.29, 0.717) is 0 Å².